The first-order chi connectivity index (χ1) is 7.65. The van der Waals surface area contributed by atoms with Crippen LogP contribution in [0, 0.1) is 13.8 Å². The highest BCUT2D eigenvalue weighted by atomic mass is 32.2. The summed E-state index contributed by atoms with van der Waals surface area (Å²) >= 11 is 1.81. The Balaban J connectivity index is 2.51. The molecule has 1 heterocycles. The van der Waals surface area contributed by atoms with Gasteiger partial charge < -0.3 is 10.6 Å². The first kappa shape index (κ1) is 11.5. The van der Waals surface area contributed by atoms with Gasteiger partial charge in [-0.2, -0.15) is 0 Å². The Kier molecular flexibility index (Phi) is 3.21. The summed E-state index contributed by atoms with van der Waals surface area (Å²) in [6.45, 7) is 4.98. The Bertz CT molecular complexity index is 431. The van der Waals surface area contributed by atoms with Crippen molar-refractivity contribution in [1.29, 1.82) is 0 Å². The summed E-state index contributed by atoms with van der Waals surface area (Å²) in [5, 5.41) is 0. The molecule has 0 bridgehead atoms. The number of aryl methyl sites for hydroxylation is 1. The zero-order valence-corrected chi connectivity index (χ0v) is 10.4. The van der Waals surface area contributed by atoms with Gasteiger partial charge in [-0.05, 0) is 31.0 Å². The number of hydrogen-bond acceptors (Lipinski definition) is 3. The zero-order chi connectivity index (χ0) is 11.7. The average Bonchev–Trinajstić information content (AvgIpc) is 2.32. The standard InChI is InChI=1S/C12H16N2OS/c1-8-3-4-10-12(9(8)2)14(5-6-16-10)11(15)7-13/h3-4H,5-7,13H2,1-2H3. The molecule has 1 aromatic rings. The van der Waals surface area contributed by atoms with Crippen LogP contribution < -0.4 is 10.6 Å². The SMILES string of the molecule is Cc1ccc2c(c1C)N(C(=O)CN)CCS2. The van der Waals surface area contributed by atoms with Crippen molar-refractivity contribution in [2.45, 2.75) is 18.7 Å². The Morgan fingerprint density at radius 1 is 1.50 bits per heavy atom. The van der Waals surface area contributed by atoms with Crippen molar-refractivity contribution < 1.29 is 4.79 Å². The van der Waals surface area contributed by atoms with Gasteiger partial charge in [-0.15, -0.1) is 11.8 Å². The highest BCUT2D eigenvalue weighted by Gasteiger charge is 2.24. The van der Waals surface area contributed by atoms with E-state index in [2.05, 4.69) is 26.0 Å². The zero-order valence-electron chi connectivity index (χ0n) is 9.62. The second kappa shape index (κ2) is 4.47. The van der Waals surface area contributed by atoms with Crippen LogP contribution >= 0.6 is 11.8 Å². The minimum atomic E-state index is 0.00949. The Morgan fingerprint density at radius 3 is 2.94 bits per heavy atom. The van der Waals surface area contributed by atoms with Gasteiger partial charge in [0, 0.05) is 17.2 Å². The van der Waals surface area contributed by atoms with E-state index in [0.29, 0.717) is 0 Å². The maximum atomic E-state index is 11.8. The lowest BCUT2D eigenvalue weighted by Gasteiger charge is -2.31. The van der Waals surface area contributed by atoms with Gasteiger partial charge in [0.25, 0.3) is 0 Å². The molecule has 0 radical (unpaired) electrons. The fourth-order valence-electron chi connectivity index (χ4n) is 1.95. The number of carbonyl (C=O) groups excluding carboxylic acids is 1. The van der Waals surface area contributed by atoms with E-state index in [0.717, 1.165) is 18.0 Å². The molecule has 1 aliphatic heterocycles. The summed E-state index contributed by atoms with van der Waals surface area (Å²) in [5.74, 6) is 0.955. The molecule has 0 saturated carbocycles. The second-order valence-corrected chi connectivity index (χ2v) is 5.09. The highest BCUT2D eigenvalue weighted by Crippen LogP contribution is 2.38. The van der Waals surface area contributed by atoms with Gasteiger partial charge in [0.2, 0.25) is 5.91 Å². The van der Waals surface area contributed by atoms with Gasteiger partial charge in [0.05, 0.1) is 12.2 Å². The number of nitrogens with two attached hydrogens (primary N) is 1. The van der Waals surface area contributed by atoms with Crippen LogP contribution in [0.5, 0.6) is 0 Å². The molecule has 0 spiro atoms. The molecule has 86 valence electrons. The molecule has 0 unspecified atom stereocenters. The van der Waals surface area contributed by atoms with Gasteiger partial charge >= 0.3 is 0 Å². The molecule has 16 heavy (non-hydrogen) atoms. The summed E-state index contributed by atoms with van der Waals surface area (Å²) in [6, 6.07) is 4.20. The smallest absolute Gasteiger partial charge is 0.240 e. The number of carbonyl (C=O) groups is 1. The van der Waals surface area contributed by atoms with Crippen LogP contribution in [0.1, 0.15) is 11.1 Å². The van der Waals surface area contributed by atoms with E-state index >= 15 is 0 Å². The molecular weight excluding hydrogens is 220 g/mol. The number of anilines is 1. The van der Waals surface area contributed by atoms with Crippen molar-refractivity contribution in [3.8, 4) is 0 Å². The van der Waals surface area contributed by atoms with Gasteiger partial charge in [-0.25, -0.2) is 0 Å². The van der Waals surface area contributed by atoms with Crippen molar-refractivity contribution in [3.05, 3.63) is 23.3 Å². The lowest BCUT2D eigenvalue weighted by molar-refractivity contribution is -0.117. The van der Waals surface area contributed by atoms with Crippen LogP contribution in [-0.2, 0) is 4.79 Å². The van der Waals surface area contributed by atoms with E-state index < -0.39 is 0 Å². The third kappa shape index (κ3) is 1.83. The van der Waals surface area contributed by atoms with Crippen LogP contribution in [0.2, 0.25) is 0 Å². The topological polar surface area (TPSA) is 46.3 Å². The lowest BCUT2D eigenvalue weighted by Crippen LogP contribution is -2.40. The van der Waals surface area contributed by atoms with Crippen LogP contribution in [0.3, 0.4) is 0 Å². The van der Waals surface area contributed by atoms with E-state index in [1.54, 1.807) is 0 Å². The van der Waals surface area contributed by atoms with Crippen molar-refractivity contribution >= 4 is 23.4 Å². The summed E-state index contributed by atoms with van der Waals surface area (Å²) in [6.07, 6.45) is 0. The van der Waals surface area contributed by atoms with Crippen molar-refractivity contribution in [1.82, 2.24) is 0 Å². The predicted molar refractivity (Wildman–Crippen MR) is 68.0 cm³/mol. The first-order valence-corrected chi connectivity index (χ1v) is 6.37. The van der Waals surface area contributed by atoms with E-state index in [9.17, 15) is 4.79 Å². The van der Waals surface area contributed by atoms with Crippen molar-refractivity contribution in [2.24, 2.45) is 5.73 Å². The number of rotatable bonds is 1. The second-order valence-electron chi connectivity index (χ2n) is 3.95. The molecule has 4 heteroatoms. The molecule has 3 nitrogen and oxygen atoms in total. The highest BCUT2D eigenvalue weighted by molar-refractivity contribution is 7.99. The Hall–Kier alpha value is -1.000. The predicted octanol–water partition coefficient (Wildman–Crippen LogP) is 1.70. The maximum Gasteiger partial charge on any atom is 0.240 e. The fourth-order valence-corrected chi connectivity index (χ4v) is 3.00. The van der Waals surface area contributed by atoms with Crippen LogP contribution in [0.25, 0.3) is 0 Å². The summed E-state index contributed by atoms with van der Waals surface area (Å²) < 4.78 is 0. The molecule has 0 fully saturated rings. The third-order valence-electron chi connectivity index (χ3n) is 2.98. The Morgan fingerprint density at radius 2 is 2.25 bits per heavy atom. The summed E-state index contributed by atoms with van der Waals surface area (Å²) in [4.78, 5) is 14.8. The van der Waals surface area contributed by atoms with Gasteiger partial charge in [0.15, 0.2) is 0 Å². The van der Waals surface area contributed by atoms with E-state index in [4.69, 9.17) is 5.73 Å². The molecular formula is C12H16N2OS. The molecule has 0 saturated heterocycles. The van der Waals surface area contributed by atoms with Crippen LogP contribution in [-0.4, -0.2) is 24.7 Å². The molecule has 2 rings (SSSR count). The number of fused-ring (bicyclic) bond motifs is 1. The molecule has 1 aromatic carbocycles. The molecule has 2 N–H and O–H groups in total. The Labute approximate surface area is 100.0 Å². The van der Waals surface area contributed by atoms with E-state index in [1.807, 2.05) is 16.7 Å². The number of thioether (sulfide) groups is 1. The quantitative estimate of drug-likeness (QED) is 0.807. The minimum absolute atomic E-state index is 0.00949. The summed E-state index contributed by atoms with van der Waals surface area (Å²) in [5.41, 5.74) is 8.92. The molecule has 1 aliphatic rings. The lowest BCUT2D eigenvalue weighted by atomic mass is 10.1. The van der Waals surface area contributed by atoms with Crippen LogP contribution in [0.4, 0.5) is 5.69 Å². The molecule has 0 atom stereocenters. The van der Waals surface area contributed by atoms with Gasteiger partial charge in [-0.3, -0.25) is 4.79 Å². The summed E-state index contributed by atoms with van der Waals surface area (Å²) in [7, 11) is 0. The largest absolute Gasteiger partial charge is 0.322 e. The first-order valence-electron chi connectivity index (χ1n) is 5.38. The van der Waals surface area contributed by atoms with Crippen LogP contribution in [0.15, 0.2) is 17.0 Å². The number of amides is 1. The molecule has 0 aromatic heterocycles. The van der Waals surface area contributed by atoms with E-state index in [1.165, 1.54) is 16.0 Å². The maximum absolute atomic E-state index is 11.8. The number of benzene rings is 1. The third-order valence-corrected chi connectivity index (χ3v) is 4.01. The molecule has 1 amide bonds. The van der Waals surface area contributed by atoms with E-state index in [-0.39, 0.29) is 12.5 Å². The average molecular weight is 236 g/mol. The normalized spacial score (nSPS) is 14.8. The minimum Gasteiger partial charge on any atom is -0.322 e. The van der Waals surface area contributed by atoms with Crippen molar-refractivity contribution in [3.63, 3.8) is 0 Å². The van der Waals surface area contributed by atoms with Crippen molar-refractivity contribution in [2.75, 3.05) is 23.7 Å². The van der Waals surface area contributed by atoms with Gasteiger partial charge in [0.1, 0.15) is 0 Å². The van der Waals surface area contributed by atoms with Gasteiger partial charge in [-0.1, -0.05) is 6.07 Å². The fraction of sp³-hybridized carbons (Fsp3) is 0.417. The number of nitrogens with zero attached hydrogens (tertiary/aromatic N) is 1. The molecule has 0 aliphatic carbocycles. The monoisotopic (exact) mass is 236 g/mol. The number of hydrogen-bond donors (Lipinski definition) is 1.